The third-order valence-corrected chi connectivity index (χ3v) is 2.88. The Labute approximate surface area is 109 Å². The van der Waals surface area contributed by atoms with E-state index in [1.165, 1.54) is 18.2 Å². The van der Waals surface area contributed by atoms with Crippen LogP contribution in [0.2, 0.25) is 0 Å². The second kappa shape index (κ2) is 7.04. The Morgan fingerprint density at radius 1 is 1.33 bits per heavy atom. The number of rotatable bonds is 6. The minimum atomic E-state index is -0.190. The van der Waals surface area contributed by atoms with Crippen molar-refractivity contribution in [3.63, 3.8) is 0 Å². The van der Waals surface area contributed by atoms with E-state index in [0.29, 0.717) is 25.4 Å². The van der Waals surface area contributed by atoms with Gasteiger partial charge in [0.25, 0.3) is 0 Å². The molecule has 18 heavy (non-hydrogen) atoms. The molecule has 0 heterocycles. The molecular formula is C15H22O3. The molecule has 0 N–H and O–H groups in total. The Balaban J connectivity index is 2.44. The normalized spacial score (nSPS) is 10.5. The van der Waals surface area contributed by atoms with Crippen LogP contribution in [0.25, 0.3) is 0 Å². The number of carbonyl (C=O) groups is 1. The van der Waals surface area contributed by atoms with E-state index in [1.807, 2.05) is 12.1 Å². The highest BCUT2D eigenvalue weighted by atomic mass is 16.5. The number of hydrogen-bond acceptors (Lipinski definition) is 3. The minimum absolute atomic E-state index is 0.190. The minimum Gasteiger partial charge on any atom is -0.494 e. The number of benzene rings is 1. The van der Waals surface area contributed by atoms with Crippen molar-refractivity contribution in [2.75, 3.05) is 13.7 Å². The van der Waals surface area contributed by atoms with E-state index in [-0.39, 0.29) is 5.97 Å². The van der Waals surface area contributed by atoms with E-state index in [4.69, 9.17) is 4.74 Å². The molecule has 1 rings (SSSR count). The second-order valence-electron chi connectivity index (χ2n) is 4.70. The first kappa shape index (κ1) is 14.6. The van der Waals surface area contributed by atoms with Gasteiger partial charge in [-0.05, 0) is 42.5 Å². The van der Waals surface area contributed by atoms with Gasteiger partial charge in [-0.2, -0.15) is 0 Å². The number of ether oxygens (including phenoxy) is 2. The van der Waals surface area contributed by atoms with Crippen molar-refractivity contribution in [2.45, 2.75) is 39.5 Å². The molecule has 0 saturated carbocycles. The standard InChI is InChI=1S/C15H22O3/c1-11(2)14-8-7-13(10-12(14)3)18-9-5-6-15(16)17-4/h7-8,10-11H,5-6,9H2,1-4H3. The van der Waals surface area contributed by atoms with Crippen LogP contribution in [0.15, 0.2) is 18.2 Å². The van der Waals surface area contributed by atoms with E-state index in [0.717, 1.165) is 5.75 Å². The van der Waals surface area contributed by atoms with Gasteiger partial charge in [0.1, 0.15) is 5.75 Å². The van der Waals surface area contributed by atoms with Gasteiger partial charge in [-0.15, -0.1) is 0 Å². The quantitative estimate of drug-likeness (QED) is 0.573. The third kappa shape index (κ3) is 4.40. The first-order valence-electron chi connectivity index (χ1n) is 6.34. The first-order valence-corrected chi connectivity index (χ1v) is 6.34. The van der Waals surface area contributed by atoms with Crippen LogP contribution in [0.5, 0.6) is 5.75 Å². The van der Waals surface area contributed by atoms with Crippen molar-refractivity contribution in [1.29, 1.82) is 0 Å². The fourth-order valence-corrected chi connectivity index (χ4v) is 1.89. The monoisotopic (exact) mass is 250 g/mol. The predicted molar refractivity (Wildman–Crippen MR) is 72.0 cm³/mol. The lowest BCUT2D eigenvalue weighted by Crippen LogP contribution is -2.04. The molecule has 100 valence electrons. The van der Waals surface area contributed by atoms with Crippen molar-refractivity contribution < 1.29 is 14.3 Å². The number of carbonyl (C=O) groups excluding carboxylic acids is 1. The highest BCUT2D eigenvalue weighted by Gasteiger charge is 2.05. The predicted octanol–water partition coefficient (Wildman–Crippen LogP) is 3.45. The zero-order chi connectivity index (χ0) is 13.5. The summed E-state index contributed by atoms with van der Waals surface area (Å²) >= 11 is 0. The molecule has 0 fully saturated rings. The molecule has 0 aliphatic rings. The Morgan fingerprint density at radius 2 is 2.06 bits per heavy atom. The molecule has 0 amide bonds. The average molecular weight is 250 g/mol. The number of hydrogen-bond donors (Lipinski definition) is 0. The third-order valence-electron chi connectivity index (χ3n) is 2.88. The molecule has 0 aliphatic carbocycles. The zero-order valence-corrected chi connectivity index (χ0v) is 11.7. The van der Waals surface area contributed by atoms with Crippen molar-refractivity contribution in [3.05, 3.63) is 29.3 Å². The highest BCUT2D eigenvalue weighted by molar-refractivity contribution is 5.69. The van der Waals surface area contributed by atoms with Gasteiger partial charge in [-0.1, -0.05) is 19.9 Å². The number of esters is 1. The maximum absolute atomic E-state index is 10.9. The molecule has 0 aliphatic heterocycles. The van der Waals surface area contributed by atoms with Gasteiger partial charge in [0.05, 0.1) is 13.7 Å². The molecule has 1 aromatic rings. The zero-order valence-electron chi connectivity index (χ0n) is 11.7. The lowest BCUT2D eigenvalue weighted by atomic mass is 9.98. The first-order chi connectivity index (χ1) is 8.54. The molecule has 3 heteroatoms. The molecule has 0 atom stereocenters. The van der Waals surface area contributed by atoms with Crippen LogP contribution in [0.3, 0.4) is 0 Å². The van der Waals surface area contributed by atoms with Crippen molar-refractivity contribution in [1.82, 2.24) is 0 Å². The van der Waals surface area contributed by atoms with Gasteiger partial charge in [0.2, 0.25) is 0 Å². The van der Waals surface area contributed by atoms with Crippen LogP contribution in [0, 0.1) is 6.92 Å². The SMILES string of the molecule is COC(=O)CCCOc1ccc(C(C)C)c(C)c1. The van der Waals surface area contributed by atoms with Crippen molar-refractivity contribution in [2.24, 2.45) is 0 Å². The molecule has 0 radical (unpaired) electrons. The van der Waals surface area contributed by atoms with Crippen LogP contribution in [-0.2, 0) is 9.53 Å². The molecule has 0 bridgehead atoms. The summed E-state index contributed by atoms with van der Waals surface area (Å²) in [6.45, 7) is 6.99. The van der Waals surface area contributed by atoms with Gasteiger partial charge >= 0.3 is 5.97 Å². The van der Waals surface area contributed by atoms with Crippen LogP contribution >= 0.6 is 0 Å². The lowest BCUT2D eigenvalue weighted by molar-refractivity contribution is -0.140. The molecule has 3 nitrogen and oxygen atoms in total. The second-order valence-corrected chi connectivity index (χ2v) is 4.70. The molecular weight excluding hydrogens is 228 g/mol. The lowest BCUT2D eigenvalue weighted by Gasteiger charge is -2.12. The highest BCUT2D eigenvalue weighted by Crippen LogP contribution is 2.23. The largest absolute Gasteiger partial charge is 0.494 e. The maximum Gasteiger partial charge on any atom is 0.305 e. The van der Waals surface area contributed by atoms with E-state index in [1.54, 1.807) is 0 Å². The van der Waals surface area contributed by atoms with Gasteiger partial charge in [0.15, 0.2) is 0 Å². The van der Waals surface area contributed by atoms with Crippen LogP contribution in [0.4, 0.5) is 0 Å². The van der Waals surface area contributed by atoms with Crippen molar-refractivity contribution in [3.8, 4) is 5.75 Å². The summed E-state index contributed by atoms with van der Waals surface area (Å²) in [5.41, 5.74) is 2.59. The molecule has 0 unspecified atom stereocenters. The molecule has 0 aromatic heterocycles. The molecule has 0 saturated heterocycles. The topological polar surface area (TPSA) is 35.5 Å². The number of methoxy groups -OCH3 is 1. The summed E-state index contributed by atoms with van der Waals surface area (Å²) < 4.78 is 10.2. The maximum atomic E-state index is 10.9. The van der Waals surface area contributed by atoms with Gasteiger partial charge in [-0.25, -0.2) is 0 Å². The summed E-state index contributed by atoms with van der Waals surface area (Å²) in [5.74, 6) is 1.20. The fraction of sp³-hybridized carbons (Fsp3) is 0.533. The van der Waals surface area contributed by atoms with Crippen LogP contribution in [-0.4, -0.2) is 19.7 Å². The summed E-state index contributed by atoms with van der Waals surface area (Å²) in [5, 5.41) is 0. The van der Waals surface area contributed by atoms with E-state index < -0.39 is 0 Å². The van der Waals surface area contributed by atoms with Crippen molar-refractivity contribution >= 4 is 5.97 Å². The number of aryl methyl sites for hydroxylation is 1. The molecule has 1 aromatic carbocycles. The Hall–Kier alpha value is -1.51. The summed E-state index contributed by atoms with van der Waals surface area (Å²) in [6.07, 6.45) is 1.08. The summed E-state index contributed by atoms with van der Waals surface area (Å²) in [7, 11) is 1.40. The Morgan fingerprint density at radius 3 is 2.61 bits per heavy atom. The van der Waals surface area contributed by atoms with Crippen LogP contribution in [0.1, 0.15) is 43.7 Å². The van der Waals surface area contributed by atoms with E-state index >= 15 is 0 Å². The van der Waals surface area contributed by atoms with Gasteiger partial charge in [0, 0.05) is 6.42 Å². The van der Waals surface area contributed by atoms with Gasteiger partial charge in [-0.3, -0.25) is 4.79 Å². The molecule has 0 spiro atoms. The Bertz CT molecular complexity index is 397. The fourth-order valence-electron chi connectivity index (χ4n) is 1.89. The van der Waals surface area contributed by atoms with Crippen LogP contribution < -0.4 is 4.74 Å². The van der Waals surface area contributed by atoms with E-state index in [2.05, 4.69) is 31.6 Å². The summed E-state index contributed by atoms with van der Waals surface area (Å²) in [4.78, 5) is 10.9. The summed E-state index contributed by atoms with van der Waals surface area (Å²) in [6, 6.07) is 6.14. The van der Waals surface area contributed by atoms with Gasteiger partial charge < -0.3 is 9.47 Å². The Kier molecular flexibility index (Phi) is 5.69. The van der Waals surface area contributed by atoms with E-state index in [9.17, 15) is 4.79 Å². The smallest absolute Gasteiger partial charge is 0.305 e. The average Bonchev–Trinajstić information content (AvgIpc) is 2.34.